The minimum Gasteiger partial charge on any atom is -0.493 e. The summed E-state index contributed by atoms with van der Waals surface area (Å²) >= 11 is 0. The van der Waals surface area contributed by atoms with Crippen molar-refractivity contribution in [2.45, 2.75) is 26.7 Å². The van der Waals surface area contributed by atoms with Crippen LogP contribution in [-0.2, 0) is 4.74 Å². The SMILES string of the molecule is CCCCOc1cccc(Oc2ccc(C(=O)OCC)cc2)c1. The van der Waals surface area contributed by atoms with Gasteiger partial charge in [-0.05, 0) is 49.7 Å². The minimum absolute atomic E-state index is 0.328. The van der Waals surface area contributed by atoms with Gasteiger partial charge in [0, 0.05) is 6.07 Å². The average Bonchev–Trinajstić information content (AvgIpc) is 2.56. The highest BCUT2D eigenvalue weighted by atomic mass is 16.5. The first-order valence-corrected chi connectivity index (χ1v) is 7.90. The van der Waals surface area contributed by atoms with Gasteiger partial charge in [0.2, 0.25) is 0 Å². The zero-order chi connectivity index (χ0) is 16.5. The second-order valence-electron chi connectivity index (χ2n) is 5.02. The average molecular weight is 314 g/mol. The Bertz CT molecular complexity index is 620. The van der Waals surface area contributed by atoms with E-state index in [0.29, 0.717) is 30.3 Å². The first-order chi connectivity index (χ1) is 11.2. The summed E-state index contributed by atoms with van der Waals surface area (Å²) in [5.74, 6) is 1.82. The van der Waals surface area contributed by atoms with Gasteiger partial charge in [0.15, 0.2) is 0 Å². The Morgan fingerprint density at radius 2 is 1.70 bits per heavy atom. The number of rotatable bonds is 8. The van der Waals surface area contributed by atoms with Crippen LogP contribution in [0.25, 0.3) is 0 Å². The topological polar surface area (TPSA) is 44.8 Å². The Balaban J connectivity index is 1.98. The molecule has 0 saturated heterocycles. The van der Waals surface area contributed by atoms with E-state index in [1.165, 1.54) is 0 Å². The second-order valence-corrected chi connectivity index (χ2v) is 5.02. The molecule has 0 radical (unpaired) electrons. The Kier molecular flexibility index (Phi) is 6.48. The zero-order valence-corrected chi connectivity index (χ0v) is 13.6. The summed E-state index contributed by atoms with van der Waals surface area (Å²) in [5.41, 5.74) is 0.510. The van der Waals surface area contributed by atoms with Gasteiger partial charge in [0.25, 0.3) is 0 Å². The number of esters is 1. The number of unbranched alkanes of at least 4 members (excludes halogenated alkanes) is 1. The fraction of sp³-hybridized carbons (Fsp3) is 0.316. The fourth-order valence-corrected chi connectivity index (χ4v) is 1.97. The molecule has 4 nitrogen and oxygen atoms in total. The number of carbonyl (C=O) groups is 1. The van der Waals surface area contributed by atoms with Crippen LogP contribution >= 0.6 is 0 Å². The van der Waals surface area contributed by atoms with Gasteiger partial charge in [-0.2, -0.15) is 0 Å². The Morgan fingerprint density at radius 3 is 2.39 bits per heavy atom. The lowest BCUT2D eigenvalue weighted by Gasteiger charge is -2.09. The quantitative estimate of drug-likeness (QED) is 0.517. The highest BCUT2D eigenvalue weighted by Gasteiger charge is 2.06. The molecule has 0 spiro atoms. The summed E-state index contributed by atoms with van der Waals surface area (Å²) < 4.78 is 16.4. The first kappa shape index (κ1) is 16.9. The largest absolute Gasteiger partial charge is 0.493 e. The van der Waals surface area contributed by atoms with Crippen LogP contribution in [0.4, 0.5) is 0 Å². The van der Waals surface area contributed by atoms with Crippen LogP contribution in [0.1, 0.15) is 37.0 Å². The number of hydrogen-bond donors (Lipinski definition) is 0. The lowest BCUT2D eigenvalue weighted by molar-refractivity contribution is 0.0526. The number of hydrogen-bond acceptors (Lipinski definition) is 4. The molecule has 0 amide bonds. The van der Waals surface area contributed by atoms with Crippen molar-refractivity contribution < 1.29 is 19.0 Å². The zero-order valence-electron chi connectivity index (χ0n) is 13.6. The molecule has 0 aliphatic rings. The predicted octanol–water partition coefficient (Wildman–Crippen LogP) is 4.83. The van der Waals surface area contributed by atoms with E-state index in [1.807, 2.05) is 24.3 Å². The summed E-state index contributed by atoms with van der Waals surface area (Å²) in [6, 6.07) is 14.4. The van der Waals surface area contributed by atoms with Crippen molar-refractivity contribution in [3.05, 3.63) is 54.1 Å². The van der Waals surface area contributed by atoms with Crippen LogP contribution in [0.15, 0.2) is 48.5 Å². The molecular formula is C19H22O4. The molecule has 0 aromatic heterocycles. The molecule has 0 aliphatic heterocycles. The van der Waals surface area contributed by atoms with Gasteiger partial charge in [-0.25, -0.2) is 4.79 Å². The number of carbonyl (C=O) groups excluding carboxylic acids is 1. The maximum atomic E-state index is 11.6. The van der Waals surface area contributed by atoms with E-state index in [2.05, 4.69) is 6.92 Å². The van der Waals surface area contributed by atoms with Crippen molar-refractivity contribution in [3.63, 3.8) is 0 Å². The minimum atomic E-state index is -0.328. The molecule has 122 valence electrons. The molecule has 2 rings (SSSR count). The third kappa shape index (κ3) is 5.33. The van der Waals surface area contributed by atoms with Crippen molar-refractivity contribution in [2.75, 3.05) is 13.2 Å². The van der Waals surface area contributed by atoms with Gasteiger partial charge in [-0.1, -0.05) is 19.4 Å². The van der Waals surface area contributed by atoms with Crippen LogP contribution in [0.5, 0.6) is 17.2 Å². The Morgan fingerprint density at radius 1 is 0.957 bits per heavy atom. The van der Waals surface area contributed by atoms with E-state index in [-0.39, 0.29) is 5.97 Å². The van der Waals surface area contributed by atoms with Crippen molar-refractivity contribution in [1.82, 2.24) is 0 Å². The van der Waals surface area contributed by atoms with Gasteiger partial charge >= 0.3 is 5.97 Å². The van der Waals surface area contributed by atoms with E-state index < -0.39 is 0 Å². The standard InChI is InChI=1S/C19H22O4/c1-3-5-13-22-17-7-6-8-18(14-17)23-16-11-9-15(10-12-16)19(20)21-4-2/h6-12,14H,3-5,13H2,1-2H3. The van der Waals surface area contributed by atoms with Gasteiger partial charge < -0.3 is 14.2 Å². The Labute approximate surface area is 137 Å². The number of benzene rings is 2. The summed E-state index contributed by atoms with van der Waals surface area (Å²) in [4.78, 5) is 11.6. The molecule has 0 saturated carbocycles. The van der Waals surface area contributed by atoms with E-state index >= 15 is 0 Å². The molecule has 23 heavy (non-hydrogen) atoms. The van der Waals surface area contributed by atoms with Gasteiger partial charge in [0.1, 0.15) is 17.2 Å². The molecule has 0 fully saturated rings. The molecule has 0 unspecified atom stereocenters. The number of ether oxygens (including phenoxy) is 3. The van der Waals surface area contributed by atoms with Crippen LogP contribution < -0.4 is 9.47 Å². The Hall–Kier alpha value is -2.49. The molecule has 0 heterocycles. The fourth-order valence-electron chi connectivity index (χ4n) is 1.97. The van der Waals surface area contributed by atoms with Crippen LogP contribution in [0.3, 0.4) is 0 Å². The molecule has 2 aromatic carbocycles. The lowest BCUT2D eigenvalue weighted by atomic mass is 10.2. The maximum absolute atomic E-state index is 11.6. The van der Waals surface area contributed by atoms with Gasteiger partial charge in [-0.3, -0.25) is 0 Å². The molecular weight excluding hydrogens is 292 g/mol. The van der Waals surface area contributed by atoms with Crippen LogP contribution in [0.2, 0.25) is 0 Å². The summed E-state index contributed by atoms with van der Waals surface area (Å²) in [6.45, 7) is 4.98. The lowest BCUT2D eigenvalue weighted by Crippen LogP contribution is -2.04. The molecule has 0 aliphatic carbocycles. The summed E-state index contributed by atoms with van der Waals surface area (Å²) in [7, 11) is 0. The van der Waals surface area contributed by atoms with E-state index in [0.717, 1.165) is 18.6 Å². The van der Waals surface area contributed by atoms with Crippen molar-refractivity contribution in [2.24, 2.45) is 0 Å². The first-order valence-electron chi connectivity index (χ1n) is 7.90. The van der Waals surface area contributed by atoms with E-state index in [9.17, 15) is 4.79 Å². The van der Waals surface area contributed by atoms with Crippen molar-refractivity contribution in [1.29, 1.82) is 0 Å². The highest BCUT2D eigenvalue weighted by molar-refractivity contribution is 5.89. The van der Waals surface area contributed by atoms with E-state index in [4.69, 9.17) is 14.2 Å². The normalized spacial score (nSPS) is 10.2. The van der Waals surface area contributed by atoms with Crippen LogP contribution in [-0.4, -0.2) is 19.2 Å². The van der Waals surface area contributed by atoms with Gasteiger partial charge in [-0.15, -0.1) is 0 Å². The molecule has 4 heteroatoms. The van der Waals surface area contributed by atoms with Crippen LogP contribution in [0, 0.1) is 0 Å². The third-order valence-electron chi connectivity index (χ3n) is 3.17. The summed E-state index contributed by atoms with van der Waals surface area (Å²) in [6.07, 6.45) is 2.13. The third-order valence-corrected chi connectivity index (χ3v) is 3.17. The summed E-state index contributed by atoms with van der Waals surface area (Å²) in [5, 5.41) is 0. The molecule has 2 aromatic rings. The highest BCUT2D eigenvalue weighted by Crippen LogP contribution is 2.25. The molecule has 0 N–H and O–H groups in total. The molecule has 0 atom stereocenters. The maximum Gasteiger partial charge on any atom is 0.338 e. The predicted molar refractivity (Wildman–Crippen MR) is 89.3 cm³/mol. The van der Waals surface area contributed by atoms with Gasteiger partial charge in [0.05, 0.1) is 18.8 Å². The monoisotopic (exact) mass is 314 g/mol. The molecule has 0 bridgehead atoms. The second kappa shape index (κ2) is 8.83. The van der Waals surface area contributed by atoms with Crippen molar-refractivity contribution >= 4 is 5.97 Å². The smallest absolute Gasteiger partial charge is 0.338 e. The van der Waals surface area contributed by atoms with E-state index in [1.54, 1.807) is 31.2 Å². The van der Waals surface area contributed by atoms with Crippen molar-refractivity contribution in [3.8, 4) is 17.2 Å².